The summed E-state index contributed by atoms with van der Waals surface area (Å²) < 4.78 is 12.6. The number of anilines is 1. The first-order chi connectivity index (χ1) is 6.75. The fourth-order valence-electron chi connectivity index (χ4n) is 1.70. The SMILES string of the molecule is CC1CN(c2ccc(F)cn2)CCN1.Cl. The van der Waals surface area contributed by atoms with Crippen molar-refractivity contribution in [1.29, 1.82) is 0 Å². The van der Waals surface area contributed by atoms with Crippen molar-refractivity contribution < 1.29 is 4.39 Å². The van der Waals surface area contributed by atoms with Crippen molar-refractivity contribution in [3.63, 3.8) is 0 Å². The first-order valence-electron chi connectivity index (χ1n) is 4.85. The normalized spacial score (nSPS) is 20.9. The average Bonchev–Trinajstić information content (AvgIpc) is 2.19. The number of nitrogens with zero attached hydrogens (tertiary/aromatic N) is 2. The highest BCUT2D eigenvalue weighted by atomic mass is 35.5. The van der Waals surface area contributed by atoms with Crippen molar-refractivity contribution in [3.05, 3.63) is 24.1 Å². The molecule has 5 heteroatoms. The summed E-state index contributed by atoms with van der Waals surface area (Å²) in [5.74, 6) is 0.580. The van der Waals surface area contributed by atoms with Crippen LogP contribution in [0.2, 0.25) is 0 Å². The van der Waals surface area contributed by atoms with Gasteiger partial charge in [0.05, 0.1) is 6.20 Å². The van der Waals surface area contributed by atoms with Crippen LogP contribution in [-0.4, -0.2) is 30.7 Å². The predicted molar refractivity (Wildman–Crippen MR) is 61.1 cm³/mol. The van der Waals surface area contributed by atoms with Crippen LogP contribution in [0.1, 0.15) is 6.92 Å². The lowest BCUT2D eigenvalue weighted by molar-refractivity contribution is 0.482. The monoisotopic (exact) mass is 231 g/mol. The Balaban J connectivity index is 0.00000112. The van der Waals surface area contributed by atoms with Gasteiger partial charge in [-0.2, -0.15) is 0 Å². The minimum absolute atomic E-state index is 0. The van der Waals surface area contributed by atoms with E-state index < -0.39 is 0 Å². The molecule has 1 unspecified atom stereocenters. The molecule has 1 atom stereocenters. The third kappa shape index (κ3) is 3.04. The van der Waals surface area contributed by atoms with Crippen molar-refractivity contribution in [2.45, 2.75) is 13.0 Å². The third-order valence-corrected chi connectivity index (χ3v) is 2.40. The van der Waals surface area contributed by atoms with Crippen LogP contribution in [0.15, 0.2) is 18.3 Å². The molecule has 1 aromatic heterocycles. The van der Waals surface area contributed by atoms with E-state index in [0.29, 0.717) is 6.04 Å². The van der Waals surface area contributed by atoms with Gasteiger partial charge in [-0.05, 0) is 19.1 Å². The number of hydrogen-bond donors (Lipinski definition) is 1. The highest BCUT2D eigenvalue weighted by molar-refractivity contribution is 5.85. The molecule has 0 amide bonds. The summed E-state index contributed by atoms with van der Waals surface area (Å²) in [6.45, 7) is 4.96. The van der Waals surface area contributed by atoms with Crippen LogP contribution in [0.4, 0.5) is 10.2 Å². The molecule has 2 heterocycles. The van der Waals surface area contributed by atoms with Crippen molar-refractivity contribution in [2.24, 2.45) is 0 Å². The van der Waals surface area contributed by atoms with Crippen molar-refractivity contribution in [1.82, 2.24) is 10.3 Å². The van der Waals surface area contributed by atoms with Gasteiger partial charge in [0.2, 0.25) is 0 Å². The molecule has 2 rings (SSSR count). The lowest BCUT2D eigenvalue weighted by Gasteiger charge is -2.32. The Labute approximate surface area is 95.1 Å². The predicted octanol–water partition coefficient (Wildman–Crippen LogP) is 1.44. The quantitative estimate of drug-likeness (QED) is 0.793. The van der Waals surface area contributed by atoms with E-state index in [1.807, 2.05) is 0 Å². The van der Waals surface area contributed by atoms with Crippen LogP contribution >= 0.6 is 12.4 Å². The minimum Gasteiger partial charge on any atom is -0.354 e. The van der Waals surface area contributed by atoms with Crippen LogP contribution in [0.3, 0.4) is 0 Å². The zero-order chi connectivity index (χ0) is 9.97. The molecule has 1 N–H and O–H groups in total. The van der Waals surface area contributed by atoms with Crippen molar-refractivity contribution in [3.8, 4) is 0 Å². The standard InChI is InChI=1S/C10H14FN3.ClH/c1-8-7-14(5-4-12-8)10-3-2-9(11)6-13-10;/h2-3,6,8,12H,4-5,7H2,1H3;1H. The topological polar surface area (TPSA) is 28.2 Å². The molecule has 0 spiro atoms. The van der Waals surface area contributed by atoms with Crippen LogP contribution in [0.5, 0.6) is 0 Å². The van der Waals surface area contributed by atoms with Crippen LogP contribution in [-0.2, 0) is 0 Å². The molecule has 0 saturated carbocycles. The van der Waals surface area contributed by atoms with Gasteiger partial charge >= 0.3 is 0 Å². The van der Waals surface area contributed by atoms with Gasteiger partial charge in [-0.1, -0.05) is 0 Å². The Morgan fingerprint density at radius 1 is 1.53 bits per heavy atom. The summed E-state index contributed by atoms with van der Waals surface area (Å²) in [6, 6.07) is 3.65. The van der Waals surface area contributed by atoms with E-state index in [1.54, 1.807) is 6.07 Å². The molecule has 3 nitrogen and oxygen atoms in total. The average molecular weight is 232 g/mol. The summed E-state index contributed by atoms with van der Waals surface area (Å²) in [4.78, 5) is 6.23. The first kappa shape index (κ1) is 12.2. The lowest BCUT2D eigenvalue weighted by Crippen LogP contribution is -2.49. The van der Waals surface area contributed by atoms with Gasteiger partial charge in [0, 0.05) is 25.7 Å². The molecule has 1 aliphatic heterocycles. The maximum Gasteiger partial charge on any atom is 0.141 e. The Morgan fingerprint density at radius 3 is 2.93 bits per heavy atom. The molecule has 1 aromatic rings. The molecular formula is C10H15ClFN3. The Hall–Kier alpha value is -0.870. The Bertz CT molecular complexity index is 304. The summed E-state index contributed by atoms with van der Waals surface area (Å²) in [5.41, 5.74) is 0. The first-order valence-corrected chi connectivity index (χ1v) is 4.85. The second-order valence-corrected chi connectivity index (χ2v) is 3.64. The maximum absolute atomic E-state index is 12.6. The summed E-state index contributed by atoms with van der Waals surface area (Å²) >= 11 is 0. The number of hydrogen-bond acceptors (Lipinski definition) is 3. The van der Waals surface area contributed by atoms with E-state index in [0.717, 1.165) is 25.5 Å². The molecule has 0 bridgehead atoms. The van der Waals surface area contributed by atoms with E-state index in [1.165, 1.54) is 12.3 Å². The van der Waals surface area contributed by atoms with Gasteiger partial charge in [0.1, 0.15) is 11.6 Å². The molecular weight excluding hydrogens is 217 g/mol. The van der Waals surface area contributed by atoms with Gasteiger partial charge in [0.25, 0.3) is 0 Å². The van der Waals surface area contributed by atoms with Gasteiger partial charge < -0.3 is 10.2 Å². The third-order valence-electron chi connectivity index (χ3n) is 2.40. The molecule has 84 valence electrons. The van der Waals surface area contributed by atoms with Crippen molar-refractivity contribution in [2.75, 3.05) is 24.5 Å². The van der Waals surface area contributed by atoms with Crippen LogP contribution in [0.25, 0.3) is 0 Å². The zero-order valence-corrected chi connectivity index (χ0v) is 9.43. The number of rotatable bonds is 1. The second-order valence-electron chi connectivity index (χ2n) is 3.64. The maximum atomic E-state index is 12.6. The highest BCUT2D eigenvalue weighted by Crippen LogP contribution is 2.12. The van der Waals surface area contributed by atoms with E-state index in [4.69, 9.17) is 0 Å². The van der Waals surface area contributed by atoms with E-state index >= 15 is 0 Å². The summed E-state index contributed by atoms with van der Waals surface area (Å²) in [6.07, 6.45) is 1.27. The van der Waals surface area contributed by atoms with Gasteiger partial charge in [0.15, 0.2) is 0 Å². The largest absolute Gasteiger partial charge is 0.354 e. The van der Waals surface area contributed by atoms with Gasteiger partial charge in [-0.3, -0.25) is 0 Å². The summed E-state index contributed by atoms with van der Waals surface area (Å²) in [5, 5.41) is 3.35. The fraction of sp³-hybridized carbons (Fsp3) is 0.500. The van der Waals surface area contributed by atoms with E-state index in [2.05, 4.69) is 22.1 Å². The molecule has 15 heavy (non-hydrogen) atoms. The van der Waals surface area contributed by atoms with Crippen LogP contribution < -0.4 is 10.2 Å². The number of nitrogens with one attached hydrogen (secondary N) is 1. The molecule has 0 aliphatic carbocycles. The molecule has 1 fully saturated rings. The van der Waals surface area contributed by atoms with Gasteiger partial charge in [-0.25, -0.2) is 9.37 Å². The number of aromatic nitrogens is 1. The number of halogens is 2. The Kier molecular flexibility index (Phi) is 4.29. The molecule has 0 aromatic carbocycles. The number of pyridine rings is 1. The van der Waals surface area contributed by atoms with Crippen molar-refractivity contribution >= 4 is 18.2 Å². The molecule has 1 aliphatic rings. The van der Waals surface area contributed by atoms with E-state index in [9.17, 15) is 4.39 Å². The minimum atomic E-state index is -0.281. The fourth-order valence-corrected chi connectivity index (χ4v) is 1.70. The zero-order valence-electron chi connectivity index (χ0n) is 8.61. The lowest BCUT2D eigenvalue weighted by atomic mass is 10.2. The van der Waals surface area contributed by atoms with Crippen LogP contribution in [0, 0.1) is 5.82 Å². The Morgan fingerprint density at radius 2 is 2.33 bits per heavy atom. The highest BCUT2D eigenvalue weighted by Gasteiger charge is 2.16. The molecule has 0 radical (unpaired) electrons. The second kappa shape index (κ2) is 5.28. The van der Waals surface area contributed by atoms with Gasteiger partial charge in [-0.15, -0.1) is 12.4 Å². The van der Waals surface area contributed by atoms with E-state index in [-0.39, 0.29) is 18.2 Å². The summed E-state index contributed by atoms with van der Waals surface area (Å²) in [7, 11) is 0. The molecule has 1 saturated heterocycles. The number of piperazine rings is 1. The smallest absolute Gasteiger partial charge is 0.141 e.